The second-order valence-corrected chi connectivity index (χ2v) is 17.4. The summed E-state index contributed by atoms with van der Waals surface area (Å²) in [5.41, 5.74) is 0. The number of hydrogen-bond acceptors (Lipinski definition) is 7. The van der Waals surface area contributed by atoms with Crippen LogP contribution in [0.5, 0.6) is 0 Å². The van der Waals surface area contributed by atoms with Crippen molar-refractivity contribution < 1.29 is 38.2 Å². The van der Waals surface area contributed by atoms with Crippen LogP contribution in [0, 0.1) is 0 Å². The molecule has 8 nitrogen and oxygen atoms in total. The van der Waals surface area contributed by atoms with Crippen LogP contribution in [0.1, 0.15) is 226 Å². The van der Waals surface area contributed by atoms with Gasteiger partial charge in [0, 0.05) is 19.3 Å². The lowest BCUT2D eigenvalue weighted by Gasteiger charge is -2.34. The predicted octanol–water partition coefficient (Wildman–Crippen LogP) is 11.8. The Morgan fingerprint density at radius 2 is 0.911 bits per heavy atom. The van der Waals surface area contributed by atoms with E-state index in [0.29, 0.717) is 12.8 Å². The Labute approximate surface area is 346 Å². The lowest BCUT2D eigenvalue weighted by molar-refractivity contribution is -0.889. The SMILES string of the molecule is CCCC/C=C/CCCCCCCC(=O)OC(COCCC(C(=O)[O-])[N+](C)(C)C)COC(=O)CCCCCCCCCCCCCCCCCCCCCCC. The molecule has 0 aliphatic heterocycles. The van der Waals surface area contributed by atoms with Gasteiger partial charge in [-0.2, -0.15) is 0 Å². The van der Waals surface area contributed by atoms with Crippen LogP contribution in [0.2, 0.25) is 0 Å². The second-order valence-electron chi connectivity index (χ2n) is 17.4. The smallest absolute Gasteiger partial charge is 0.306 e. The molecule has 0 aromatic heterocycles. The zero-order chi connectivity index (χ0) is 41.4. The first-order valence-electron chi connectivity index (χ1n) is 23.7. The van der Waals surface area contributed by atoms with Gasteiger partial charge in [0.15, 0.2) is 6.10 Å². The molecule has 0 spiro atoms. The van der Waals surface area contributed by atoms with E-state index in [4.69, 9.17) is 14.2 Å². The van der Waals surface area contributed by atoms with Crippen molar-refractivity contribution in [2.24, 2.45) is 0 Å². The fourth-order valence-electron chi connectivity index (χ4n) is 7.17. The molecule has 0 amide bonds. The van der Waals surface area contributed by atoms with E-state index in [1.807, 2.05) is 0 Å². The predicted molar refractivity (Wildman–Crippen MR) is 231 cm³/mol. The fraction of sp³-hybridized carbons (Fsp3) is 0.896. The number of carbonyl (C=O) groups is 3. The fourth-order valence-corrected chi connectivity index (χ4v) is 7.17. The van der Waals surface area contributed by atoms with Crippen molar-refractivity contribution in [1.29, 1.82) is 0 Å². The number of likely N-dealkylation sites (N-methyl/N-ethyl adjacent to an activating group) is 1. The van der Waals surface area contributed by atoms with Gasteiger partial charge in [0.1, 0.15) is 12.6 Å². The van der Waals surface area contributed by atoms with Crippen LogP contribution in [-0.4, -0.2) is 75.5 Å². The molecule has 0 fully saturated rings. The van der Waals surface area contributed by atoms with Gasteiger partial charge in [0.25, 0.3) is 0 Å². The number of ether oxygens (including phenoxy) is 3. The summed E-state index contributed by atoms with van der Waals surface area (Å²) in [6.45, 7) is 4.65. The number of quaternary nitrogens is 1. The number of hydrogen-bond donors (Lipinski definition) is 0. The molecule has 0 rings (SSSR count). The summed E-state index contributed by atoms with van der Waals surface area (Å²) < 4.78 is 17.2. The lowest BCUT2D eigenvalue weighted by atomic mass is 10.0. The highest BCUT2D eigenvalue weighted by molar-refractivity contribution is 5.70. The van der Waals surface area contributed by atoms with Gasteiger partial charge in [-0.3, -0.25) is 9.59 Å². The Morgan fingerprint density at radius 1 is 0.518 bits per heavy atom. The first kappa shape index (κ1) is 54.1. The number of carbonyl (C=O) groups excluding carboxylic acids is 3. The van der Waals surface area contributed by atoms with Crippen LogP contribution in [0.25, 0.3) is 0 Å². The second kappa shape index (κ2) is 39.9. The average Bonchev–Trinajstić information content (AvgIpc) is 3.15. The Morgan fingerprint density at radius 3 is 1.34 bits per heavy atom. The van der Waals surface area contributed by atoms with Gasteiger partial charge in [0.05, 0.1) is 40.3 Å². The molecule has 0 heterocycles. The molecular formula is C48H91NO7. The number of carboxylic acid groups (broad SMARTS) is 1. The van der Waals surface area contributed by atoms with Gasteiger partial charge >= 0.3 is 11.9 Å². The van der Waals surface area contributed by atoms with E-state index in [1.165, 1.54) is 141 Å². The molecule has 0 aromatic rings. The minimum atomic E-state index is -1.12. The number of aliphatic carboxylic acids is 1. The zero-order valence-electron chi connectivity index (χ0n) is 37.6. The van der Waals surface area contributed by atoms with Gasteiger partial charge < -0.3 is 28.6 Å². The maximum atomic E-state index is 12.7. The molecule has 2 unspecified atom stereocenters. The van der Waals surface area contributed by atoms with E-state index in [-0.39, 0.29) is 42.7 Å². The Kier molecular flexibility index (Phi) is 38.5. The summed E-state index contributed by atoms with van der Waals surface area (Å²) in [5, 5.41) is 11.6. The molecule has 0 aromatic carbocycles. The van der Waals surface area contributed by atoms with E-state index in [1.54, 1.807) is 21.1 Å². The van der Waals surface area contributed by atoms with E-state index in [2.05, 4.69) is 26.0 Å². The Bertz CT molecular complexity index is 931. The molecule has 2 atom stereocenters. The molecule has 0 N–H and O–H groups in total. The van der Waals surface area contributed by atoms with Crippen LogP contribution in [-0.2, 0) is 28.6 Å². The number of rotatable bonds is 43. The third-order valence-corrected chi connectivity index (χ3v) is 10.9. The minimum absolute atomic E-state index is 0.0427. The molecule has 330 valence electrons. The van der Waals surface area contributed by atoms with Gasteiger partial charge in [-0.25, -0.2) is 0 Å². The Hall–Kier alpha value is -1.93. The first-order chi connectivity index (χ1) is 27.1. The molecule has 8 heteroatoms. The number of unbranched alkanes of at least 4 members (excludes halogenated alkanes) is 27. The van der Waals surface area contributed by atoms with Gasteiger partial charge in [-0.15, -0.1) is 0 Å². The third kappa shape index (κ3) is 37.6. The maximum Gasteiger partial charge on any atom is 0.306 e. The van der Waals surface area contributed by atoms with Gasteiger partial charge in [-0.05, 0) is 32.1 Å². The number of allylic oxidation sites excluding steroid dienone is 2. The van der Waals surface area contributed by atoms with Crippen LogP contribution in [0.3, 0.4) is 0 Å². The van der Waals surface area contributed by atoms with Crippen molar-refractivity contribution in [2.75, 3.05) is 41.0 Å². The van der Waals surface area contributed by atoms with Crippen LogP contribution in [0.15, 0.2) is 12.2 Å². The monoisotopic (exact) mass is 794 g/mol. The minimum Gasteiger partial charge on any atom is -0.544 e. The molecule has 0 radical (unpaired) electrons. The van der Waals surface area contributed by atoms with E-state index >= 15 is 0 Å². The summed E-state index contributed by atoms with van der Waals surface area (Å²) in [6.07, 6.45) is 42.4. The van der Waals surface area contributed by atoms with Crippen LogP contribution >= 0.6 is 0 Å². The summed E-state index contributed by atoms with van der Waals surface area (Å²) in [5.74, 6) is -1.73. The number of carboxylic acids is 1. The van der Waals surface area contributed by atoms with Crippen molar-refractivity contribution >= 4 is 17.9 Å². The molecule has 0 aliphatic carbocycles. The molecule has 0 saturated carbocycles. The topological polar surface area (TPSA) is 102 Å². The summed E-state index contributed by atoms with van der Waals surface area (Å²) in [4.78, 5) is 36.8. The summed E-state index contributed by atoms with van der Waals surface area (Å²) >= 11 is 0. The van der Waals surface area contributed by atoms with E-state index < -0.39 is 18.1 Å². The number of esters is 2. The zero-order valence-corrected chi connectivity index (χ0v) is 37.6. The van der Waals surface area contributed by atoms with E-state index in [9.17, 15) is 19.5 Å². The lowest BCUT2D eigenvalue weighted by Crippen LogP contribution is -2.55. The summed E-state index contributed by atoms with van der Waals surface area (Å²) in [7, 11) is 5.41. The molecular weight excluding hydrogens is 703 g/mol. The third-order valence-electron chi connectivity index (χ3n) is 10.9. The van der Waals surface area contributed by atoms with E-state index in [0.717, 1.165) is 51.4 Å². The van der Waals surface area contributed by atoms with Gasteiger partial charge in [0.2, 0.25) is 0 Å². The maximum absolute atomic E-state index is 12.7. The molecule has 56 heavy (non-hydrogen) atoms. The summed E-state index contributed by atoms with van der Waals surface area (Å²) in [6, 6.07) is -0.722. The highest BCUT2D eigenvalue weighted by Gasteiger charge is 2.25. The molecule has 0 saturated heterocycles. The standard InChI is InChI=1S/C48H91NO7/c1-6-8-10-12-14-16-18-19-20-21-22-23-24-25-26-27-29-30-32-34-36-38-46(50)55-43-44(42-54-41-40-45(48(52)53)49(3,4)5)56-47(51)39-37-35-33-31-28-17-15-13-11-9-7-2/h13,15,44-45H,6-12,14,16-43H2,1-5H3/b15-13+. The van der Waals surface area contributed by atoms with Crippen molar-refractivity contribution in [3.63, 3.8) is 0 Å². The first-order valence-corrected chi connectivity index (χ1v) is 23.7. The largest absolute Gasteiger partial charge is 0.544 e. The molecule has 0 bridgehead atoms. The number of nitrogens with zero attached hydrogens (tertiary/aromatic N) is 1. The highest BCUT2D eigenvalue weighted by atomic mass is 16.6. The van der Waals surface area contributed by atoms with Crippen molar-refractivity contribution in [3.8, 4) is 0 Å². The highest BCUT2D eigenvalue weighted by Crippen LogP contribution is 2.16. The van der Waals surface area contributed by atoms with Crippen LogP contribution in [0.4, 0.5) is 0 Å². The van der Waals surface area contributed by atoms with Gasteiger partial charge in [-0.1, -0.05) is 187 Å². The quantitative estimate of drug-likeness (QED) is 0.0262. The van der Waals surface area contributed by atoms with Crippen molar-refractivity contribution in [2.45, 2.75) is 238 Å². The van der Waals surface area contributed by atoms with Crippen LogP contribution < -0.4 is 5.11 Å². The average molecular weight is 794 g/mol. The molecule has 0 aliphatic rings. The van der Waals surface area contributed by atoms with Crippen molar-refractivity contribution in [3.05, 3.63) is 12.2 Å². The van der Waals surface area contributed by atoms with Crippen molar-refractivity contribution in [1.82, 2.24) is 0 Å². The normalized spacial score (nSPS) is 12.9. The Balaban J connectivity index is 4.16.